The van der Waals surface area contributed by atoms with Crippen LogP contribution < -0.4 is 5.32 Å². The molecule has 0 aromatic carbocycles. The Morgan fingerprint density at radius 1 is 1.50 bits per heavy atom. The van der Waals surface area contributed by atoms with E-state index >= 15 is 0 Å². The van der Waals surface area contributed by atoms with Crippen LogP contribution in [0, 0.1) is 6.92 Å². The zero-order valence-electron chi connectivity index (χ0n) is 9.06. The molecule has 0 aliphatic carbocycles. The van der Waals surface area contributed by atoms with Crippen molar-refractivity contribution >= 4 is 28.2 Å². The number of aromatic nitrogens is 3. The number of rotatable bonds is 5. The Hall–Kier alpha value is -1.08. The van der Waals surface area contributed by atoms with Gasteiger partial charge in [-0.1, -0.05) is 28.3 Å². The molecule has 2 heterocycles. The molecule has 7 heteroatoms. The second-order valence-electron chi connectivity index (χ2n) is 3.13. The van der Waals surface area contributed by atoms with Gasteiger partial charge < -0.3 is 9.84 Å². The number of nitrogens with one attached hydrogen (secondary N) is 1. The molecule has 0 bridgehead atoms. The highest BCUT2D eigenvalue weighted by Gasteiger charge is 2.06. The van der Waals surface area contributed by atoms with Crippen molar-refractivity contribution in [1.82, 2.24) is 15.4 Å². The topological polar surface area (TPSA) is 63.8 Å². The minimum atomic E-state index is 0.738. The van der Waals surface area contributed by atoms with E-state index < -0.39 is 0 Å². The van der Waals surface area contributed by atoms with Gasteiger partial charge in [0.25, 0.3) is 0 Å². The fourth-order valence-electron chi connectivity index (χ4n) is 1.11. The van der Waals surface area contributed by atoms with Crippen LogP contribution in [0.2, 0.25) is 0 Å². The van der Waals surface area contributed by atoms with Gasteiger partial charge >= 0.3 is 0 Å². The van der Waals surface area contributed by atoms with Crippen LogP contribution in [-0.2, 0) is 5.75 Å². The van der Waals surface area contributed by atoms with Gasteiger partial charge in [-0.25, -0.2) is 0 Å². The van der Waals surface area contributed by atoms with Crippen molar-refractivity contribution in [2.75, 3.05) is 11.9 Å². The average Bonchev–Trinajstić information content (AvgIpc) is 2.85. The fraction of sp³-hybridized carbons (Fsp3) is 0.444. The average molecular weight is 256 g/mol. The highest BCUT2D eigenvalue weighted by molar-refractivity contribution is 8.00. The normalized spacial score (nSPS) is 10.6. The highest BCUT2D eigenvalue weighted by atomic mass is 32.2. The van der Waals surface area contributed by atoms with Crippen molar-refractivity contribution in [2.45, 2.75) is 23.9 Å². The van der Waals surface area contributed by atoms with Crippen molar-refractivity contribution in [1.29, 1.82) is 0 Å². The molecule has 0 aliphatic rings. The molecule has 2 rings (SSSR count). The molecule has 0 fully saturated rings. The second kappa shape index (κ2) is 5.31. The van der Waals surface area contributed by atoms with E-state index in [2.05, 4.69) is 20.7 Å². The lowest BCUT2D eigenvalue weighted by Crippen LogP contribution is -1.94. The third kappa shape index (κ3) is 2.96. The van der Waals surface area contributed by atoms with Gasteiger partial charge in [0.1, 0.15) is 5.76 Å². The van der Waals surface area contributed by atoms with E-state index in [0.29, 0.717) is 0 Å². The van der Waals surface area contributed by atoms with E-state index in [9.17, 15) is 0 Å². The van der Waals surface area contributed by atoms with Crippen LogP contribution in [0.3, 0.4) is 0 Å². The van der Waals surface area contributed by atoms with Crippen molar-refractivity contribution < 1.29 is 4.52 Å². The first kappa shape index (κ1) is 11.4. The molecule has 16 heavy (non-hydrogen) atoms. The van der Waals surface area contributed by atoms with E-state index in [1.54, 1.807) is 23.1 Å². The van der Waals surface area contributed by atoms with Gasteiger partial charge in [0, 0.05) is 12.6 Å². The zero-order chi connectivity index (χ0) is 11.4. The van der Waals surface area contributed by atoms with Crippen molar-refractivity contribution in [3.05, 3.63) is 17.5 Å². The SMILES string of the molecule is CCNc1nnc(SCc2cc(C)no2)s1. The van der Waals surface area contributed by atoms with Crippen LogP contribution in [0.1, 0.15) is 18.4 Å². The number of hydrogen-bond acceptors (Lipinski definition) is 7. The number of thioether (sulfide) groups is 1. The largest absolute Gasteiger partial charge is 0.360 e. The van der Waals surface area contributed by atoms with E-state index in [4.69, 9.17) is 4.52 Å². The lowest BCUT2D eigenvalue weighted by Gasteiger charge is -1.92. The van der Waals surface area contributed by atoms with Gasteiger partial charge in [-0.2, -0.15) is 0 Å². The molecule has 0 aliphatic heterocycles. The predicted octanol–water partition coefficient (Wildman–Crippen LogP) is 2.56. The summed E-state index contributed by atoms with van der Waals surface area (Å²) in [5.41, 5.74) is 0.904. The quantitative estimate of drug-likeness (QED) is 0.829. The molecule has 0 atom stereocenters. The van der Waals surface area contributed by atoms with Gasteiger partial charge in [0.05, 0.1) is 11.4 Å². The van der Waals surface area contributed by atoms with Gasteiger partial charge in [-0.05, 0) is 13.8 Å². The summed E-state index contributed by atoms with van der Waals surface area (Å²) in [6.07, 6.45) is 0. The second-order valence-corrected chi connectivity index (χ2v) is 5.33. The maximum atomic E-state index is 5.11. The summed E-state index contributed by atoms with van der Waals surface area (Å²) in [5, 5.41) is 15.9. The van der Waals surface area contributed by atoms with Crippen molar-refractivity contribution in [3.63, 3.8) is 0 Å². The van der Waals surface area contributed by atoms with E-state index in [1.165, 1.54) is 0 Å². The number of hydrogen-bond donors (Lipinski definition) is 1. The summed E-state index contributed by atoms with van der Waals surface area (Å²) in [7, 11) is 0. The molecular formula is C9H12N4OS2. The lowest BCUT2D eigenvalue weighted by atomic mass is 10.4. The monoisotopic (exact) mass is 256 g/mol. The standard InChI is InChI=1S/C9H12N4OS2/c1-3-10-8-11-12-9(16-8)15-5-7-4-6(2)13-14-7/h4H,3,5H2,1-2H3,(H,10,11). The lowest BCUT2D eigenvalue weighted by molar-refractivity contribution is 0.391. The molecule has 2 aromatic heterocycles. The molecule has 1 N–H and O–H groups in total. The molecule has 0 saturated heterocycles. The highest BCUT2D eigenvalue weighted by Crippen LogP contribution is 2.28. The molecule has 86 valence electrons. The Bertz CT molecular complexity index is 454. The fourth-order valence-corrected chi connectivity index (χ4v) is 2.80. The van der Waals surface area contributed by atoms with E-state index in [1.807, 2.05) is 19.9 Å². The van der Waals surface area contributed by atoms with Crippen LogP contribution >= 0.6 is 23.1 Å². The smallest absolute Gasteiger partial charge is 0.206 e. The van der Waals surface area contributed by atoms with E-state index in [-0.39, 0.29) is 0 Å². The van der Waals surface area contributed by atoms with Crippen LogP contribution in [0.15, 0.2) is 14.9 Å². The first-order chi connectivity index (χ1) is 7.78. The molecule has 0 saturated carbocycles. The summed E-state index contributed by atoms with van der Waals surface area (Å²) < 4.78 is 6.05. The first-order valence-electron chi connectivity index (χ1n) is 4.90. The Morgan fingerprint density at radius 2 is 2.38 bits per heavy atom. The zero-order valence-corrected chi connectivity index (χ0v) is 10.7. The molecule has 0 unspecified atom stereocenters. The first-order valence-corrected chi connectivity index (χ1v) is 6.70. The Labute approximate surface area is 102 Å². The van der Waals surface area contributed by atoms with Gasteiger partial charge in [-0.3, -0.25) is 0 Å². The van der Waals surface area contributed by atoms with Crippen LogP contribution in [0.5, 0.6) is 0 Å². The Kier molecular flexibility index (Phi) is 3.79. The maximum Gasteiger partial charge on any atom is 0.206 e. The summed E-state index contributed by atoms with van der Waals surface area (Å²) in [4.78, 5) is 0. The Balaban J connectivity index is 1.89. The summed E-state index contributed by atoms with van der Waals surface area (Å²) >= 11 is 3.16. The third-order valence-corrected chi connectivity index (χ3v) is 3.79. The Morgan fingerprint density at radius 3 is 3.06 bits per heavy atom. The summed E-state index contributed by atoms with van der Waals surface area (Å²) in [5.74, 6) is 1.60. The van der Waals surface area contributed by atoms with Crippen LogP contribution in [0.25, 0.3) is 0 Å². The predicted molar refractivity (Wildman–Crippen MR) is 64.9 cm³/mol. The van der Waals surface area contributed by atoms with Gasteiger partial charge in [0.15, 0.2) is 4.34 Å². The molecule has 2 aromatic rings. The minimum Gasteiger partial charge on any atom is -0.360 e. The maximum absolute atomic E-state index is 5.11. The van der Waals surface area contributed by atoms with Gasteiger partial charge in [-0.15, -0.1) is 10.2 Å². The van der Waals surface area contributed by atoms with Crippen molar-refractivity contribution in [2.24, 2.45) is 0 Å². The molecule has 0 radical (unpaired) electrons. The molecule has 5 nitrogen and oxygen atoms in total. The minimum absolute atomic E-state index is 0.738. The molecule has 0 spiro atoms. The number of aryl methyl sites for hydroxylation is 1. The third-order valence-electron chi connectivity index (χ3n) is 1.75. The van der Waals surface area contributed by atoms with E-state index in [0.717, 1.165) is 33.2 Å². The van der Waals surface area contributed by atoms with Crippen LogP contribution in [0.4, 0.5) is 5.13 Å². The number of nitrogens with zero attached hydrogens (tertiary/aromatic N) is 3. The summed E-state index contributed by atoms with van der Waals surface area (Å²) in [6, 6.07) is 1.93. The van der Waals surface area contributed by atoms with Gasteiger partial charge in [0.2, 0.25) is 5.13 Å². The molecular weight excluding hydrogens is 244 g/mol. The van der Waals surface area contributed by atoms with Crippen LogP contribution in [-0.4, -0.2) is 21.9 Å². The summed E-state index contributed by atoms with van der Waals surface area (Å²) in [6.45, 7) is 4.80. The molecule has 0 amide bonds. The number of anilines is 1. The van der Waals surface area contributed by atoms with Crippen molar-refractivity contribution in [3.8, 4) is 0 Å².